The molecule has 3 rings (SSSR count). The summed E-state index contributed by atoms with van der Waals surface area (Å²) in [5, 5.41) is 7.65. The van der Waals surface area contributed by atoms with Crippen LogP contribution < -0.4 is 14.2 Å². The van der Waals surface area contributed by atoms with Crippen molar-refractivity contribution >= 4 is 45.0 Å². The second kappa shape index (κ2) is 5.78. The smallest absolute Gasteiger partial charge is 0.243 e. The van der Waals surface area contributed by atoms with Crippen molar-refractivity contribution in [2.24, 2.45) is 0 Å². The van der Waals surface area contributed by atoms with Crippen LogP contribution in [0.5, 0.6) is 11.5 Å². The summed E-state index contributed by atoms with van der Waals surface area (Å²) in [6.45, 7) is 2.76. The third-order valence-electron chi connectivity index (χ3n) is 3.64. The highest BCUT2D eigenvalue weighted by molar-refractivity contribution is 6.34. The van der Waals surface area contributed by atoms with Gasteiger partial charge in [0.2, 0.25) is 5.52 Å². The zero-order valence-corrected chi connectivity index (χ0v) is 14.0. The minimum Gasteiger partial charge on any atom is -0.495 e. The van der Waals surface area contributed by atoms with Gasteiger partial charge in [-0.15, -0.1) is 0 Å². The molecular formula is C16H15Cl2N2O2+. The van der Waals surface area contributed by atoms with E-state index < -0.39 is 0 Å². The van der Waals surface area contributed by atoms with Crippen LogP contribution in [0.25, 0.3) is 21.8 Å². The van der Waals surface area contributed by atoms with E-state index in [2.05, 4.69) is 5.10 Å². The van der Waals surface area contributed by atoms with Gasteiger partial charge in [0, 0.05) is 16.6 Å². The molecule has 0 saturated carbocycles. The van der Waals surface area contributed by atoms with Crippen molar-refractivity contribution in [3.63, 3.8) is 0 Å². The van der Waals surface area contributed by atoms with Crippen molar-refractivity contribution in [3.8, 4) is 11.5 Å². The number of methoxy groups -OCH3 is 2. The van der Waals surface area contributed by atoms with Gasteiger partial charge in [0.05, 0.1) is 35.7 Å². The number of halogens is 2. The second-order valence-electron chi connectivity index (χ2n) is 4.82. The molecule has 1 aromatic heterocycles. The minimum absolute atomic E-state index is 0.541. The third kappa shape index (κ3) is 2.32. The average Bonchev–Trinajstić information content (AvgIpc) is 2.53. The molecule has 0 aliphatic rings. The first-order chi connectivity index (χ1) is 10.6. The summed E-state index contributed by atoms with van der Waals surface area (Å²) in [6.07, 6.45) is 0. The van der Waals surface area contributed by atoms with E-state index in [1.165, 1.54) is 0 Å². The molecule has 4 nitrogen and oxygen atoms in total. The summed E-state index contributed by atoms with van der Waals surface area (Å²) < 4.78 is 12.5. The molecule has 0 aliphatic heterocycles. The molecule has 0 atom stereocenters. The Morgan fingerprint density at radius 1 is 0.955 bits per heavy atom. The van der Waals surface area contributed by atoms with E-state index in [1.54, 1.807) is 14.2 Å². The molecule has 3 aromatic rings. The number of nitrogens with zero attached hydrogens (tertiary/aromatic N) is 2. The van der Waals surface area contributed by atoms with Crippen LogP contribution in [0.2, 0.25) is 10.0 Å². The Morgan fingerprint density at radius 2 is 1.55 bits per heavy atom. The second-order valence-corrected chi connectivity index (χ2v) is 5.64. The minimum atomic E-state index is 0.541. The number of aromatic nitrogens is 2. The summed E-state index contributed by atoms with van der Waals surface area (Å²) in [7, 11) is 3.18. The van der Waals surface area contributed by atoms with E-state index in [-0.39, 0.29) is 0 Å². The maximum Gasteiger partial charge on any atom is 0.243 e. The summed E-state index contributed by atoms with van der Waals surface area (Å²) >= 11 is 12.5. The normalized spacial score (nSPS) is 11.1. The molecule has 6 heteroatoms. The lowest BCUT2D eigenvalue weighted by Gasteiger charge is -2.08. The van der Waals surface area contributed by atoms with Gasteiger partial charge in [-0.25, -0.2) is 0 Å². The molecule has 0 aliphatic carbocycles. The van der Waals surface area contributed by atoms with E-state index in [0.717, 1.165) is 28.4 Å². The predicted molar refractivity (Wildman–Crippen MR) is 88.2 cm³/mol. The van der Waals surface area contributed by atoms with Crippen LogP contribution in [0.15, 0.2) is 24.3 Å². The van der Waals surface area contributed by atoms with Gasteiger partial charge in [-0.05, 0) is 19.1 Å². The summed E-state index contributed by atoms with van der Waals surface area (Å²) in [5.41, 5.74) is 1.74. The fourth-order valence-electron chi connectivity index (χ4n) is 2.55. The van der Waals surface area contributed by atoms with E-state index in [0.29, 0.717) is 21.5 Å². The first-order valence-corrected chi connectivity index (χ1v) is 7.59. The first-order valence-electron chi connectivity index (χ1n) is 6.83. The maximum absolute atomic E-state index is 6.29. The van der Waals surface area contributed by atoms with E-state index in [1.807, 2.05) is 35.9 Å². The van der Waals surface area contributed by atoms with Crippen LogP contribution in [-0.4, -0.2) is 19.3 Å². The summed E-state index contributed by atoms with van der Waals surface area (Å²) in [4.78, 5) is 0. The lowest BCUT2D eigenvalue weighted by molar-refractivity contribution is -0.724. The highest BCUT2D eigenvalue weighted by Crippen LogP contribution is 2.35. The zero-order valence-electron chi connectivity index (χ0n) is 12.5. The van der Waals surface area contributed by atoms with Gasteiger partial charge in [0.1, 0.15) is 17.0 Å². The van der Waals surface area contributed by atoms with Crippen LogP contribution in [-0.2, 0) is 6.54 Å². The topological polar surface area (TPSA) is 35.2 Å². The summed E-state index contributed by atoms with van der Waals surface area (Å²) in [5.74, 6) is 1.22. The van der Waals surface area contributed by atoms with E-state index >= 15 is 0 Å². The molecule has 0 fully saturated rings. The van der Waals surface area contributed by atoms with Crippen LogP contribution in [0.1, 0.15) is 6.92 Å². The van der Waals surface area contributed by atoms with Gasteiger partial charge in [0.15, 0.2) is 6.54 Å². The first kappa shape index (κ1) is 15.1. The Balaban J connectivity index is 2.48. The van der Waals surface area contributed by atoms with Gasteiger partial charge in [-0.1, -0.05) is 27.9 Å². The lowest BCUT2D eigenvalue weighted by atomic mass is 10.1. The lowest BCUT2D eigenvalue weighted by Crippen LogP contribution is -2.37. The Hall–Kier alpha value is -1.78. The van der Waals surface area contributed by atoms with Crippen molar-refractivity contribution in [1.82, 2.24) is 5.10 Å². The van der Waals surface area contributed by atoms with Gasteiger partial charge in [0.25, 0.3) is 0 Å². The Bertz CT molecular complexity index is 881. The van der Waals surface area contributed by atoms with Gasteiger partial charge < -0.3 is 9.47 Å². The molecule has 0 amide bonds. The Morgan fingerprint density at radius 3 is 2.14 bits per heavy atom. The highest BCUT2D eigenvalue weighted by Gasteiger charge is 2.19. The van der Waals surface area contributed by atoms with Crippen LogP contribution in [0.4, 0.5) is 0 Å². The standard InChI is InChI=1S/C16H15Cl2N2O2/c1-4-20-14-8-16(22-3)12(18)6-10(14)9-5-11(17)15(21-2)7-13(9)19-20/h5-8H,4H2,1-3H3/q+1. The SMILES string of the molecule is CC[n+]1nc2cc(OC)c(Cl)cc2c2cc(Cl)c(OC)cc21. The number of rotatable bonds is 3. The zero-order chi connectivity index (χ0) is 15.9. The van der Waals surface area contributed by atoms with Crippen molar-refractivity contribution in [2.45, 2.75) is 13.5 Å². The van der Waals surface area contributed by atoms with Gasteiger partial charge in [-0.2, -0.15) is 0 Å². The van der Waals surface area contributed by atoms with E-state index in [4.69, 9.17) is 32.7 Å². The highest BCUT2D eigenvalue weighted by atomic mass is 35.5. The van der Waals surface area contributed by atoms with Gasteiger partial charge in [-0.3, -0.25) is 0 Å². The number of benzene rings is 2. The largest absolute Gasteiger partial charge is 0.495 e. The molecule has 0 unspecified atom stereocenters. The molecule has 22 heavy (non-hydrogen) atoms. The molecule has 0 radical (unpaired) electrons. The Labute approximate surface area is 138 Å². The summed E-state index contributed by atoms with van der Waals surface area (Å²) in [6, 6.07) is 7.47. The monoisotopic (exact) mass is 337 g/mol. The third-order valence-corrected chi connectivity index (χ3v) is 4.23. The van der Waals surface area contributed by atoms with Crippen molar-refractivity contribution in [3.05, 3.63) is 34.3 Å². The fraction of sp³-hybridized carbons (Fsp3) is 0.250. The number of hydrogen-bond donors (Lipinski definition) is 0. The van der Waals surface area contributed by atoms with Crippen molar-refractivity contribution < 1.29 is 14.2 Å². The van der Waals surface area contributed by atoms with Crippen LogP contribution in [0.3, 0.4) is 0 Å². The molecule has 0 N–H and O–H groups in total. The molecule has 114 valence electrons. The molecule has 0 bridgehead atoms. The quantitative estimate of drug-likeness (QED) is 0.534. The van der Waals surface area contributed by atoms with Crippen LogP contribution >= 0.6 is 23.2 Å². The number of aryl methyl sites for hydroxylation is 1. The molecule has 0 saturated heterocycles. The molecular weight excluding hydrogens is 323 g/mol. The van der Waals surface area contributed by atoms with Gasteiger partial charge >= 0.3 is 0 Å². The molecule has 1 heterocycles. The Kier molecular flexibility index (Phi) is 3.98. The van der Waals surface area contributed by atoms with Crippen LogP contribution in [0, 0.1) is 0 Å². The fourth-order valence-corrected chi connectivity index (χ4v) is 3.03. The number of hydrogen-bond acceptors (Lipinski definition) is 3. The average molecular weight is 338 g/mol. The maximum atomic E-state index is 6.29. The van der Waals surface area contributed by atoms with Crippen molar-refractivity contribution in [2.75, 3.05) is 14.2 Å². The number of fused-ring (bicyclic) bond motifs is 3. The van der Waals surface area contributed by atoms with Crippen molar-refractivity contribution in [1.29, 1.82) is 0 Å². The number of ether oxygens (including phenoxy) is 2. The molecule has 2 aromatic carbocycles. The molecule has 0 spiro atoms. The van der Waals surface area contributed by atoms with E-state index in [9.17, 15) is 0 Å². The predicted octanol–water partition coefficient (Wildman–Crippen LogP) is 4.02.